The van der Waals surface area contributed by atoms with Crippen LogP contribution < -0.4 is 4.90 Å². The number of aromatic nitrogens is 2. The number of Topliss-reactive ketones (excluding diaryl/α,β-unsaturated/α-hetero) is 1. The fourth-order valence-corrected chi connectivity index (χ4v) is 4.29. The summed E-state index contributed by atoms with van der Waals surface area (Å²) >= 11 is 1.50. The van der Waals surface area contributed by atoms with E-state index in [0.717, 1.165) is 27.9 Å². The van der Waals surface area contributed by atoms with E-state index in [0.29, 0.717) is 22.8 Å². The molecule has 0 fully saturated rings. The molecule has 5 nitrogen and oxygen atoms in total. The lowest BCUT2D eigenvalue weighted by Crippen LogP contribution is -2.30. The highest BCUT2D eigenvalue weighted by Crippen LogP contribution is 2.32. The Kier molecular flexibility index (Phi) is 5.68. The summed E-state index contributed by atoms with van der Waals surface area (Å²) < 4.78 is 1.05. The second-order valence-electron chi connectivity index (χ2n) is 6.96. The van der Waals surface area contributed by atoms with E-state index < -0.39 is 0 Å². The van der Waals surface area contributed by atoms with Gasteiger partial charge in [-0.1, -0.05) is 48.6 Å². The highest BCUT2D eigenvalue weighted by atomic mass is 32.1. The molecule has 2 aromatic carbocycles. The molecular weight excluding hydrogens is 394 g/mol. The average Bonchev–Trinajstić information content (AvgIpc) is 3.22. The van der Waals surface area contributed by atoms with Gasteiger partial charge in [-0.15, -0.1) is 0 Å². The molecule has 2 aromatic heterocycles. The number of thiazole rings is 1. The summed E-state index contributed by atoms with van der Waals surface area (Å²) in [6.45, 7) is 3.92. The Morgan fingerprint density at radius 3 is 2.40 bits per heavy atom. The zero-order valence-electron chi connectivity index (χ0n) is 16.8. The summed E-state index contributed by atoms with van der Waals surface area (Å²) in [5, 5.41) is 0.636. The fraction of sp³-hybridized carbons (Fsp3) is 0.167. The topological polar surface area (TPSA) is 63.2 Å². The molecule has 30 heavy (non-hydrogen) atoms. The van der Waals surface area contributed by atoms with E-state index in [1.54, 1.807) is 35.4 Å². The number of pyridine rings is 1. The Balaban J connectivity index is 1.76. The van der Waals surface area contributed by atoms with Gasteiger partial charge in [0.2, 0.25) is 0 Å². The molecule has 6 heteroatoms. The van der Waals surface area contributed by atoms with Gasteiger partial charge in [0.25, 0.3) is 5.91 Å². The molecule has 0 saturated heterocycles. The van der Waals surface area contributed by atoms with Crippen molar-refractivity contribution in [3.63, 3.8) is 0 Å². The van der Waals surface area contributed by atoms with Gasteiger partial charge in [-0.3, -0.25) is 19.5 Å². The smallest absolute Gasteiger partial charge is 0.260 e. The van der Waals surface area contributed by atoms with Crippen molar-refractivity contribution in [2.45, 2.75) is 26.8 Å². The average molecular weight is 416 g/mol. The number of carbonyl (C=O) groups is 2. The van der Waals surface area contributed by atoms with Crippen LogP contribution in [0.15, 0.2) is 66.9 Å². The Labute approximate surface area is 179 Å². The van der Waals surface area contributed by atoms with Gasteiger partial charge in [0.1, 0.15) is 0 Å². The van der Waals surface area contributed by atoms with E-state index >= 15 is 0 Å². The molecule has 1 amide bonds. The van der Waals surface area contributed by atoms with E-state index in [2.05, 4.69) is 18.0 Å². The first kappa shape index (κ1) is 19.9. The summed E-state index contributed by atoms with van der Waals surface area (Å²) in [4.78, 5) is 35.9. The van der Waals surface area contributed by atoms with Gasteiger partial charge in [0, 0.05) is 17.3 Å². The molecule has 150 valence electrons. The molecule has 4 rings (SSSR count). The number of nitrogens with zero attached hydrogens (tertiary/aromatic N) is 3. The third-order valence-corrected chi connectivity index (χ3v) is 5.98. The van der Waals surface area contributed by atoms with Crippen molar-refractivity contribution in [2.75, 3.05) is 4.90 Å². The molecule has 0 bridgehead atoms. The molecule has 0 spiro atoms. The molecule has 0 atom stereocenters. The van der Waals surface area contributed by atoms with E-state index in [-0.39, 0.29) is 11.7 Å². The number of hydrogen-bond donors (Lipinski definition) is 0. The molecule has 0 unspecified atom stereocenters. The van der Waals surface area contributed by atoms with Crippen LogP contribution in [-0.2, 0) is 13.0 Å². The third kappa shape index (κ3) is 4.00. The fourth-order valence-electron chi connectivity index (χ4n) is 3.28. The first-order valence-electron chi connectivity index (χ1n) is 9.78. The minimum absolute atomic E-state index is 0.0300. The van der Waals surface area contributed by atoms with Crippen molar-refractivity contribution in [3.8, 4) is 0 Å². The summed E-state index contributed by atoms with van der Waals surface area (Å²) in [6, 6.07) is 18.5. The van der Waals surface area contributed by atoms with Gasteiger partial charge < -0.3 is 0 Å². The quantitative estimate of drug-likeness (QED) is 0.401. The minimum atomic E-state index is -0.173. The second kappa shape index (κ2) is 8.55. The molecule has 0 saturated carbocycles. The lowest BCUT2D eigenvalue weighted by atomic mass is 10.1. The predicted molar refractivity (Wildman–Crippen MR) is 120 cm³/mol. The maximum Gasteiger partial charge on any atom is 0.260 e. The number of carbonyl (C=O) groups excluding carboxylic acids is 2. The Morgan fingerprint density at radius 2 is 1.73 bits per heavy atom. The van der Waals surface area contributed by atoms with Gasteiger partial charge in [-0.05, 0) is 49.2 Å². The van der Waals surface area contributed by atoms with Gasteiger partial charge in [-0.25, -0.2) is 4.98 Å². The number of fused-ring (bicyclic) bond motifs is 1. The monoisotopic (exact) mass is 415 g/mol. The standard InChI is InChI=1S/C24H21N3O2S/c1-3-17-7-6-9-21-22(17)26-24(30-21)27(15-20-8-4-5-14-25-20)23(29)19-12-10-18(11-13-19)16(2)28/h4-14H,3,15H2,1-2H3. The first-order valence-corrected chi connectivity index (χ1v) is 10.6. The van der Waals surface area contributed by atoms with Crippen molar-refractivity contribution in [1.82, 2.24) is 9.97 Å². The summed E-state index contributed by atoms with van der Waals surface area (Å²) in [7, 11) is 0. The number of ketones is 1. The van der Waals surface area contributed by atoms with Crippen LogP contribution in [0.2, 0.25) is 0 Å². The second-order valence-corrected chi connectivity index (χ2v) is 7.97. The first-order chi connectivity index (χ1) is 14.6. The molecule has 0 aliphatic rings. The molecule has 0 radical (unpaired) electrons. The number of amides is 1. The number of hydrogen-bond acceptors (Lipinski definition) is 5. The van der Waals surface area contributed by atoms with Crippen molar-refractivity contribution in [1.29, 1.82) is 0 Å². The zero-order valence-corrected chi connectivity index (χ0v) is 17.6. The molecule has 0 N–H and O–H groups in total. The largest absolute Gasteiger partial charge is 0.295 e. The molecular formula is C24H21N3O2S. The third-order valence-electron chi connectivity index (χ3n) is 4.93. The molecule has 0 aliphatic heterocycles. The highest BCUT2D eigenvalue weighted by Gasteiger charge is 2.23. The maximum atomic E-state index is 13.4. The van der Waals surface area contributed by atoms with Crippen molar-refractivity contribution >= 4 is 38.4 Å². The normalized spacial score (nSPS) is 10.9. The number of rotatable bonds is 6. The molecule has 0 aliphatic carbocycles. The predicted octanol–water partition coefficient (Wildman–Crippen LogP) is 5.30. The van der Waals surface area contributed by atoms with Gasteiger partial charge >= 0.3 is 0 Å². The number of aryl methyl sites for hydroxylation is 1. The lowest BCUT2D eigenvalue weighted by molar-refractivity contribution is 0.0980. The van der Waals surface area contributed by atoms with Crippen molar-refractivity contribution in [2.24, 2.45) is 0 Å². The van der Waals surface area contributed by atoms with Crippen LogP contribution in [0.1, 0.15) is 45.8 Å². The Bertz CT molecular complexity index is 1200. The van der Waals surface area contributed by atoms with E-state index in [1.165, 1.54) is 18.3 Å². The molecule has 4 aromatic rings. The van der Waals surface area contributed by atoms with Gasteiger partial charge in [0.05, 0.1) is 22.5 Å². The zero-order chi connectivity index (χ0) is 21.1. The minimum Gasteiger partial charge on any atom is -0.295 e. The van der Waals surface area contributed by atoms with Crippen LogP contribution in [0.5, 0.6) is 0 Å². The number of benzene rings is 2. The lowest BCUT2D eigenvalue weighted by Gasteiger charge is -2.19. The Morgan fingerprint density at radius 1 is 0.967 bits per heavy atom. The van der Waals surface area contributed by atoms with Gasteiger partial charge in [0.15, 0.2) is 10.9 Å². The number of anilines is 1. The van der Waals surface area contributed by atoms with Crippen LogP contribution in [0, 0.1) is 0 Å². The summed E-state index contributed by atoms with van der Waals surface area (Å²) in [6.07, 6.45) is 2.59. The summed E-state index contributed by atoms with van der Waals surface area (Å²) in [5.74, 6) is -0.203. The maximum absolute atomic E-state index is 13.4. The van der Waals surface area contributed by atoms with Crippen LogP contribution in [0.3, 0.4) is 0 Å². The Hall–Kier alpha value is -3.38. The summed E-state index contributed by atoms with van der Waals surface area (Å²) in [5.41, 5.74) is 3.96. The van der Waals surface area contributed by atoms with Crippen molar-refractivity contribution in [3.05, 3.63) is 89.2 Å². The number of para-hydroxylation sites is 1. The van der Waals surface area contributed by atoms with Crippen LogP contribution in [0.25, 0.3) is 10.2 Å². The van der Waals surface area contributed by atoms with Crippen LogP contribution in [0.4, 0.5) is 5.13 Å². The van der Waals surface area contributed by atoms with Crippen LogP contribution in [-0.4, -0.2) is 21.7 Å². The highest BCUT2D eigenvalue weighted by molar-refractivity contribution is 7.22. The van der Waals surface area contributed by atoms with E-state index in [4.69, 9.17) is 4.98 Å². The molecule has 2 heterocycles. The van der Waals surface area contributed by atoms with Gasteiger partial charge in [-0.2, -0.15) is 0 Å². The van der Waals surface area contributed by atoms with Crippen molar-refractivity contribution < 1.29 is 9.59 Å². The SMILES string of the molecule is CCc1cccc2sc(N(Cc3ccccn3)C(=O)c3ccc(C(C)=O)cc3)nc12. The van der Waals surface area contributed by atoms with E-state index in [9.17, 15) is 9.59 Å². The van der Waals surface area contributed by atoms with Crippen LogP contribution >= 0.6 is 11.3 Å². The van der Waals surface area contributed by atoms with E-state index in [1.807, 2.05) is 30.3 Å².